The SMILES string of the molecule is Cc1ccc(C2=N/C(=C\c3ccc(OC(=O)c4ccccc4Br)cc3)C(=O)O2)cc1Cl. The Labute approximate surface area is 192 Å². The number of aliphatic imine (C=N–C) groups is 1. The average molecular weight is 497 g/mol. The van der Waals surface area contributed by atoms with Gasteiger partial charge in [0, 0.05) is 15.1 Å². The fourth-order valence-corrected chi connectivity index (χ4v) is 3.46. The number of halogens is 2. The first-order chi connectivity index (χ1) is 14.9. The monoisotopic (exact) mass is 495 g/mol. The van der Waals surface area contributed by atoms with E-state index in [1.807, 2.05) is 19.1 Å². The molecule has 7 heteroatoms. The number of carbonyl (C=O) groups is 2. The predicted molar refractivity (Wildman–Crippen MR) is 122 cm³/mol. The summed E-state index contributed by atoms with van der Waals surface area (Å²) in [4.78, 5) is 28.8. The quantitative estimate of drug-likeness (QED) is 0.253. The molecule has 0 fully saturated rings. The van der Waals surface area contributed by atoms with Crippen LogP contribution in [0.1, 0.15) is 27.0 Å². The van der Waals surface area contributed by atoms with Gasteiger partial charge in [0.25, 0.3) is 0 Å². The summed E-state index contributed by atoms with van der Waals surface area (Å²) < 4.78 is 11.3. The van der Waals surface area contributed by atoms with Crippen molar-refractivity contribution in [2.45, 2.75) is 6.92 Å². The van der Waals surface area contributed by atoms with Gasteiger partial charge in [0.15, 0.2) is 5.70 Å². The molecular formula is C24H15BrClNO4. The molecule has 0 N–H and O–H groups in total. The number of benzene rings is 3. The van der Waals surface area contributed by atoms with E-state index in [-0.39, 0.29) is 11.6 Å². The van der Waals surface area contributed by atoms with Crippen molar-refractivity contribution < 1.29 is 19.1 Å². The first-order valence-electron chi connectivity index (χ1n) is 9.26. The van der Waals surface area contributed by atoms with Gasteiger partial charge in [-0.15, -0.1) is 0 Å². The molecule has 0 aliphatic carbocycles. The Balaban J connectivity index is 1.50. The largest absolute Gasteiger partial charge is 0.423 e. The standard InChI is InChI=1S/C24H15BrClNO4/c1-14-6-9-16(13-20(14)26)22-27-21(24(29)31-22)12-15-7-10-17(11-8-15)30-23(28)18-4-2-3-5-19(18)25/h2-13H,1H3/b21-12-. The van der Waals surface area contributed by atoms with E-state index in [4.69, 9.17) is 21.1 Å². The van der Waals surface area contributed by atoms with Crippen molar-refractivity contribution in [2.75, 3.05) is 0 Å². The molecule has 4 rings (SSSR count). The van der Waals surface area contributed by atoms with Crippen LogP contribution in [0.2, 0.25) is 5.02 Å². The zero-order chi connectivity index (χ0) is 22.0. The van der Waals surface area contributed by atoms with E-state index in [9.17, 15) is 9.59 Å². The molecule has 0 spiro atoms. The number of hydrogen-bond donors (Lipinski definition) is 0. The van der Waals surface area contributed by atoms with E-state index in [0.717, 1.165) is 5.56 Å². The Bertz CT molecular complexity index is 1250. The van der Waals surface area contributed by atoms with E-state index < -0.39 is 11.9 Å². The zero-order valence-electron chi connectivity index (χ0n) is 16.3. The van der Waals surface area contributed by atoms with Crippen LogP contribution in [-0.4, -0.2) is 17.8 Å². The van der Waals surface area contributed by atoms with Gasteiger partial charge in [0.1, 0.15) is 5.75 Å². The molecule has 1 heterocycles. The molecule has 0 radical (unpaired) electrons. The Morgan fingerprint density at radius 2 is 1.84 bits per heavy atom. The number of ether oxygens (including phenoxy) is 2. The Kier molecular flexibility index (Phi) is 6.02. The van der Waals surface area contributed by atoms with Crippen molar-refractivity contribution >= 4 is 51.4 Å². The van der Waals surface area contributed by atoms with Crippen LogP contribution in [0, 0.1) is 6.92 Å². The summed E-state index contributed by atoms with van der Waals surface area (Å²) in [5.41, 5.74) is 2.86. The van der Waals surface area contributed by atoms with Gasteiger partial charge in [0.05, 0.1) is 5.56 Å². The number of rotatable bonds is 4. The molecule has 3 aromatic rings. The molecule has 0 aromatic heterocycles. The first-order valence-corrected chi connectivity index (χ1v) is 10.4. The van der Waals surface area contributed by atoms with Crippen molar-refractivity contribution in [1.82, 2.24) is 0 Å². The molecule has 0 bridgehead atoms. The summed E-state index contributed by atoms with van der Waals surface area (Å²) >= 11 is 9.48. The maximum absolute atomic E-state index is 12.3. The normalized spacial score (nSPS) is 14.4. The van der Waals surface area contributed by atoms with Crippen molar-refractivity contribution in [3.05, 3.63) is 104 Å². The minimum Gasteiger partial charge on any atom is -0.423 e. The second kappa shape index (κ2) is 8.88. The van der Waals surface area contributed by atoms with E-state index in [1.54, 1.807) is 60.7 Å². The molecule has 0 atom stereocenters. The summed E-state index contributed by atoms with van der Waals surface area (Å²) in [5, 5.41) is 0.571. The number of cyclic esters (lactones) is 1. The van der Waals surface area contributed by atoms with Crippen molar-refractivity contribution in [3.8, 4) is 5.75 Å². The van der Waals surface area contributed by atoms with E-state index in [0.29, 0.717) is 31.9 Å². The number of esters is 2. The van der Waals surface area contributed by atoms with Crippen LogP contribution in [0.25, 0.3) is 6.08 Å². The Morgan fingerprint density at radius 3 is 2.55 bits per heavy atom. The summed E-state index contributed by atoms with van der Waals surface area (Å²) in [5.74, 6) is -0.424. The molecular weight excluding hydrogens is 482 g/mol. The molecule has 3 aromatic carbocycles. The van der Waals surface area contributed by atoms with E-state index >= 15 is 0 Å². The number of carbonyl (C=O) groups excluding carboxylic acids is 2. The highest BCUT2D eigenvalue weighted by Crippen LogP contribution is 2.24. The summed E-state index contributed by atoms with van der Waals surface area (Å²) in [6.45, 7) is 1.89. The van der Waals surface area contributed by atoms with Crippen molar-refractivity contribution in [2.24, 2.45) is 4.99 Å². The number of nitrogens with zero attached hydrogens (tertiary/aromatic N) is 1. The highest BCUT2D eigenvalue weighted by molar-refractivity contribution is 9.10. The summed E-state index contributed by atoms with van der Waals surface area (Å²) in [6, 6.07) is 19.1. The van der Waals surface area contributed by atoms with Crippen LogP contribution in [0.4, 0.5) is 0 Å². The molecule has 0 saturated carbocycles. The van der Waals surface area contributed by atoms with Gasteiger partial charge >= 0.3 is 11.9 Å². The predicted octanol–water partition coefficient (Wildman–Crippen LogP) is 5.97. The highest BCUT2D eigenvalue weighted by Gasteiger charge is 2.24. The second-order valence-electron chi connectivity index (χ2n) is 6.74. The lowest BCUT2D eigenvalue weighted by Crippen LogP contribution is -2.09. The fourth-order valence-electron chi connectivity index (χ4n) is 2.84. The highest BCUT2D eigenvalue weighted by atomic mass is 79.9. The van der Waals surface area contributed by atoms with Crippen LogP contribution in [0.3, 0.4) is 0 Å². The van der Waals surface area contributed by atoms with Crippen LogP contribution in [0.15, 0.2) is 81.9 Å². The van der Waals surface area contributed by atoms with Gasteiger partial charge in [-0.25, -0.2) is 14.6 Å². The molecule has 154 valence electrons. The molecule has 0 saturated heterocycles. The summed E-state index contributed by atoms with van der Waals surface area (Å²) in [7, 11) is 0. The lowest BCUT2D eigenvalue weighted by molar-refractivity contribution is -0.129. The van der Waals surface area contributed by atoms with E-state index in [1.165, 1.54) is 0 Å². The number of aryl methyl sites for hydroxylation is 1. The molecule has 1 aliphatic rings. The van der Waals surface area contributed by atoms with Crippen LogP contribution in [-0.2, 0) is 9.53 Å². The third-order valence-corrected chi connectivity index (χ3v) is 5.63. The third kappa shape index (κ3) is 4.76. The molecule has 1 aliphatic heterocycles. The minimum absolute atomic E-state index is 0.171. The summed E-state index contributed by atoms with van der Waals surface area (Å²) in [6.07, 6.45) is 1.60. The molecule has 5 nitrogen and oxygen atoms in total. The second-order valence-corrected chi connectivity index (χ2v) is 8.00. The lowest BCUT2D eigenvalue weighted by atomic mass is 10.1. The average Bonchev–Trinajstić information content (AvgIpc) is 3.12. The van der Waals surface area contributed by atoms with Gasteiger partial charge in [-0.2, -0.15) is 0 Å². The molecule has 31 heavy (non-hydrogen) atoms. The topological polar surface area (TPSA) is 65.0 Å². The van der Waals surface area contributed by atoms with Gasteiger partial charge in [0.2, 0.25) is 5.90 Å². The van der Waals surface area contributed by atoms with Gasteiger partial charge in [-0.1, -0.05) is 41.9 Å². The zero-order valence-corrected chi connectivity index (χ0v) is 18.6. The van der Waals surface area contributed by atoms with E-state index in [2.05, 4.69) is 20.9 Å². The van der Waals surface area contributed by atoms with Gasteiger partial charge in [-0.3, -0.25) is 0 Å². The van der Waals surface area contributed by atoms with Crippen LogP contribution in [0.5, 0.6) is 5.75 Å². The lowest BCUT2D eigenvalue weighted by Gasteiger charge is -2.06. The van der Waals surface area contributed by atoms with Crippen LogP contribution < -0.4 is 4.74 Å². The Morgan fingerprint density at radius 1 is 1.10 bits per heavy atom. The fraction of sp³-hybridized carbons (Fsp3) is 0.0417. The maximum atomic E-state index is 12.3. The molecule has 0 unspecified atom stereocenters. The van der Waals surface area contributed by atoms with Crippen molar-refractivity contribution in [1.29, 1.82) is 0 Å². The Hall–Kier alpha value is -3.22. The smallest absolute Gasteiger partial charge is 0.363 e. The first kappa shape index (κ1) is 21.0. The van der Waals surface area contributed by atoms with Crippen LogP contribution >= 0.6 is 27.5 Å². The van der Waals surface area contributed by atoms with Crippen molar-refractivity contribution in [3.63, 3.8) is 0 Å². The van der Waals surface area contributed by atoms with Gasteiger partial charge in [-0.05, 0) is 76.5 Å². The minimum atomic E-state index is -0.545. The third-order valence-electron chi connectivity index (χ3n) is 4.53. The van der Waals surface area contributed by atoms with Gasteiger partial charge < -0.3 is 9.47 Å². The number of hydrogen-bond acceptors (Lipinski definition) is 5. The maximum Gasteiger partial charge on any atom is 0.363 e. The molecule has 0 amide bonds.